The minimum atomic E-state index is -0.0529. The van der Waals surface area contributed by atoms with Crippen LogP contribution in [-0.4, -0.2) is 15.3 Å². The lowest BCUT2D eigenvalue weighted by atomic mass is 9.68. The van der Waals surface area contributed by atoms with Crippen LogP contribution in [-0.2, 0) is 6.42 Å². The van der Waals surface area contributed by atoms with Crippen LogP contribution in [0, 0.1) is 11.8 Å². The van der Waals surface area contributed by atoms with Crippen molar-refractivity contribution in [1.29, 1.82) is 0 Å². The molecule has 0 amide bonds. The Morgan fingerprint density at radius 2 is 2.22 bits per heavy atom. The summed E-state index contributed by atoms with van der Waals surface area (Å²) in [5, 5.41) is 4.64. The highest BCUT2D eigenvalue weighted by molar-refractivity contribution is 5.08. The van der Waals surface area contributed by atoms with Gasteiger partial charge in [0.1, 0.15) is 0 Å². The van der Waals surface area contributed by atoms with Gasteiger partial charge in [-0.1, -0.05) is 13.8 Å². The van der Waals surface area contributed by atoms with Gasteiger partial charge in [-0.25, -0.2) is 0 Å². The van der Waals surface area contributed by atoms with Crippen LogP contribution >= 0.6 is 0 Å². The van der Waals surface area contributed by atoms with E-state index in [2.05, 4.69) is 45.1 Å². The van der Waals surface area contributed by atoms with Gasteiger partial charge in [-0.05, 0) is 51.0 Å². The van der Waals surface area contributed by atoms with E-state index in [-0.39, 0.29) is 5.54 Å². The second-order valence-electron chi connectivity index (χ2n) is 6.57. The molecule has 0 bridgehead atoms. The second-order valence-corrected chi connectivity index (χ2v) is 6.57. The maximum Gasteiger partial charge on any atom is 0.0643 e. The quantitative estimate of drug-likeness (QED) is 0.894. The average molecular weight is 249 g/mol. The van der Waals surface area contributed by atoms with Gasteiger partial charge in [0, 0.05) is 24.2 Å². The van der Waals surface area contributed by atoms with Crippen molar-refractivity contribution >= 4 is 0 Å². The average Bonchev–Trinajstić information content (AvgIpc) is 2.73. The van der Waals surface area contributed by atoms with Crippen LogP contribution in [0.3, 0.4) is 0 Å². The Balaban J connectivity index is 2.07. The molecule has 3 nitrogen and oxygen atoms in total. The molecule has 1 aliphatic carbocycles. The molecule has 18 heavy (non-hydrogen) atoms. The minimum Gasteiger partial charge on any atom is -0.325 e. The maximum absolute atomic E-state index is 6.63. The number of aromatic nitrogens is 2. The Morgan fingerprint density at radius 1 is 1.50 bits per heavy atom. The summed E-state index contributed by atoms with van der Waals surface area (Å²) in [6, 6.07) is 2.55. The maximum atomic E-state index is 6.63. The van der Waals surface area contributed by atoms with E-state index in [4.69, 9.17) is 5.73 Å². The summed E-state index contributed by atoms with van der Waals surface area (Å²) in [5.74, 6) is 1.41. The zero-order valence-corrected chi connectivity index (χ0v) is 12.2. The lowest BCUT2D eigenvalue weighted by molar-refractivity contribution is 0.162. The standard InChI is InChI=1S/C15H27N3/c1-11(2)18-8-6-14(17-18)10-15(16)7-5-12(3)9-13(15)4/h6,8,11-13H,5,7,9-10,16H2,1-4H3. The van der Waals surface area contributed by atoms with Gasteiger partial charge in [0.2, 0.25) is 0 Å². The molecule has 0 radical (unpaired) electrons. The fourth-order valence-corrected chi connectivity index (χ4v) is 3.08. The van der Waals surface area contributed by atoms with Crippen molar-refractivity contribution in [3.8, 4) is 0 Å². The molecular formula is C15H27N3. The third-order valence-corrected chi connectivity index (χ3v) is 4.54. The van der Waals surface area contributed by atoms with Gasteiger partial charge in [0.25, 0.3) is 0 Å². The van der Waals surface area contributed by atoms with E-state index >= 15 is 0 Å². The monoisotopic (exact) mass is 249 g/mol. The molecule has 1 aromatic rings. The molecule has 3 atom stereocenters. The van der Waals surface area contributed by atoms with Crippen molar-refractivity contribution < 1.29 is 0 Å². The molecule has 0 aliphatic heterocycles. The van der Waals surface area contributed by atoms with Crippen LogP contribution in [0.15, 0.2) is 12.3 Å². The van der Waals surface area contributed by atoms with Gasteiger partial charge in [0.05, 0.1) is 5.69 Å². The van der Waals surface area contributed by atoms with Crippen molar-refractivity contribution in [2.75, 3.05) is 0 Å². The first-order chi connectivity index (χ1) is 8.40. The van der Waals surface area contributed by atoms with Crippen LogP contribution in [0.1, 0.15) is 58.7 Å². The summed E-state index contributed by atoms with van der Waals surface area (Å²) in [6.45, 7) is 8.94. The van der Waals surface area contributed by atoms with Crippen LogP contribution in [0.2, 0.25) is 0 Å². The number of hydrogen-bond acceptors (Lipinski definition) is 2. The molecule has 1 aromatic heterocycles. The van der Waals surface area contributed by atoms with Crippen LogP contribution in [0.25, 0.3) is 0 Å². The molecule has 3 unspecified atom stereocenters. The lowest BCUT2D eigenvalue weighted by Crippen LogP contribution is -2.51. The first-order valence-corrected chi connectivity index (χ1v) is 7.23. The van der Waals surface area contributed by atoms with Crippen molar-refractivity contribution in [1.82, 2.24) is 9.78 Å². The van der Waals surface area contributed by atoms with E-state index in [0.717, 1.165) is 24.5 Å². The molecule has 1 heterocycles. The second kappa shape index (κ2) is 5.04. The number of nitrogens with two attached hydrogens (primary N) is 1. The largest absolute Gasteiger partial charge is 0.325 e. The van der Waals surface area contributed by atoms with E-state index in [9.17, 15) is 0 Å². The normalized spacial score (nSPS) is 33.0. The Bertz CT molecular complexity index is 396. The zero-order valence-electron chi connectivity index (χ0n) is 12.2. The third kappa shape index (κ3) is 2.77. The lowest BCUT2D eigenvalue weighted by Gasteiger charge is -2.41. The molecule has 1 saturated carbocycles. The molecule has 102 valence electrons. The highest BCUT2D eigenvalue weighted by Crippen LogP contribution is 2.36. The first kappa shape index (κ1) is 13.6. The molecule has 0 saturated heterocycles. The highest BCUT2D eigenvalue weighted by atomic mass is 15.3. The Kier molecular flexibility index (Phi) is 3.81. The third-order valence-electron chi connectivity index (χ3n) is 4.54. The Labute approximate surface area is 111 Å². The van der Waals surface area contributed by atoms with Crippen LogP contribution in [0.5, 0.6) is 0 Å². The summed E-state index contributed by atoms with van der Waals surface area (Å²) >= 11 is 0. The van der Waals surface area contributed by atoms with E-state index in [0.29, 0.717) is 12.0 Å². The van der Waals surface area contributed by atoms with Crippen molar-refractivity contribution in [3.05, 3.63) is 18.0 Å². The van der Waals surface area contributed by atoms with Gasteiger partial charge in [-0.3, -0.25) is 4.68 Å². The fourth-order valence-electron chi connectivity index (χ4n) is 3.08. The summed E-state index contributed by atoms with van der Waals surface area (Å²) in [6.07, 6.45) is 6.62. The molecule has 0 aromatic carbocycles. The number of rotatable bonds is 3. The molecule has 2 N–H and O–H groups in total. The molecule has 2 rings (SSSR count). The SMILES string of the molecule is CC1CCC(N)(Cc2ccn(C(C)C)n2)C(C)C1. The molecule has 1 aliphatic rings. The smallest absolute Gasteiger partial charge is 0.0643 e. The molecular weight excluding hydrogens is 222 g/mol. The van der Waals surface area contributed by atoms with Crippen LogP contribution < -0.4 is 5.73 Å². The van der Waals surface area contributed by atoms with Gasteiger partial charge >= 0.3 is 0 Å². The summed E-state index contributed by atoms with van der Waals surface area (Å²) < 4.78 is 2.02. The Morgan fingerprint density at radius 3 is 2.78 bits per heavy atom. The highest BCUT2D eigenvalue weighted by Gasteiger charge is 2.37. The number of nitrogens with zero attached hydrogens (tertiary/aromatic N) is 2. The number of hydrogen-bond donors (Lipinski definition) is 1. The van der Waals surface area contributed by atoms with Gasteiger partial charge in [-0.15, -0.1) is 0 Å². The van der Waals surface area contributed by atoms with Crippen LogP contribution in [0.4, 0.5) is 0 Å². The molecule has 0 spiro atoms. The summed E-state index contributed by atoms with van der Waals surface area (Å²) in [4.78, 5) is 0. The molecule has 1 fully saturated rings. The van der Waals surface area contributed by atoms with E-state index in [1.807, 2.05) is 4.68 Å². The topological polar surface area (TPSA) is 43.8 Å². The molecule has 3 heteroatoms. The minimum absolute atomic E-state index is 0.0529. The zero-order chi connectivity index (χ0) is 13.3. The van der Waals surface area contributed by atoms with Gasteiger partial charge < -0.3 is 5.73 Å². The van der Waals surface area contributed by atoms with Gasteiger partial charge in [0.15, 0.2) is 0 Å². The van der Waals surface area contributed by atoms with Gasteiger partial charge in [-0.2, -0.15) is 5.10 Å². The van der Waals surface area contributed by atoms with Crippen molar-refractivity contribution in [3.63, 3.8) is 0 Å². The first-order valence-electron chi connectivity index (χ1n) is 7.23. The Hall–Kier alpha value is -0.830. The van der Waals surface area contributed by atoms with E-state index in [1.54, 1.807) is 0 Å². The summed E-state index contributed by atoms with van der Waals surface area (Å²) in [7, 11) is 0. The van der Waals surface area contributed by atoms with Crippen molar-refractivity contribution in [2.45, 2.75) is 65.0 Å². The van der Waals surface area contributed by atoms with E-state index in [1.165, 1.54) is 12.8 Å². The fraction of sp³-hybridized carbons (Fsp3) is 0.800. The summed E-state index contributed by atoms with van der Waals surface area (Å²) in [5.41, 5.74) is 7.73. The van der Waals surface area contributed by atoms with E-state index < -0.39 is 0 Å². The predicted molar refractivity (Wildman–Crippen MR) is 75.4 cm³/mol. The van der Waals surface area contributed by atoms with Crippen molar-refractivity contribution in [2.24, 2.45) is 17.6 Å². The predicted octanol–water partition coefficient (Wildman–Crippen LogP) is 3.16.